The van der Waals surface area contributed by atoms with Crippen molar-refractivity contribution in [2.24, 2.45) is 0 Å². The molecule has 64 heavy (non-hydrogen) atoms. The summed E-state index contributed by atoms with van der Waals surface area (Å²) in [5.74, 6) is 0.0673. The van der Waals surface area contributed by atoms with Gasteiger partial charge in [-0.1, -0.05) is 221 Å². The van der Waals surface area contributed by atoms with Crippen LogP contribution in [0.25, 0.3) is 87.3 Å². The lowest BCUT2D eigenvalue weighted by Crippen LogP contribution is -2.27. The molecule has 1 aliphatic carbocycles. The molecule has 11 aromatic carbocycles. The maximum Gasteiger partial charge on any atom is 0.195 e. The van der Waals surface area contributed by atoms with E-state index in [4.69, 9.17) is 0 Å². The van der Waals surface area contributed by atoms with Crippen molar-refractivity contribution in [1.82, 2.24) is 0 Å². The van der Waals surface area contributed by atoms with Crippen molar-refractivity contribution >= 4 is 135 Å². The number of ketones is 1. The molecule has 0 aromatic heterocycles. The van der Waals surface area contributed by atoms with Crippen LogP contribution in [-0.4, -0.2) is 5.78 Å². The maximum atomic E-state index is 14.2. The Hall–Kier alpha value is -5.95. The topological polar surface area (TPSA) is 17.1 Å². The highest BCUT2D eigenvalue weighted by molar-refractivity contribution is 9.11. The van der Waals surface area contributed by atoms with Gasteiger partial charge in [0.05, 0.1) is 0 Å². The fraction of sp³-hybridized carbons (Fsp3) is 0. The lowest BCUT2D eigenvalue weighted by molar-refractivity contribution is -0.108. The molecule has 0 amide bonds. The first-order valence-corrected chi connectivity index (χ1v) is 24.1. The van der Waals surface area contributed by atoms with Gasteiger partial charge >= 0.3 is 0 Å². The summed E-state index contributed by atoms with van der Waals surface area (Å²) in [6, 6.07) is 72.2. The number of hydrogen-bond acceptors (Lipinski definition) is 1. The highest BCUT2D eigenvalue weighted by Crippen LogP contribution is 2.45. The summed E-state index contributed by atoms with van der Waals surface area (Å²) < 4.78 is 4.09. The third-order valence-corrected chi connectivity index (χ3v) is 14.2. The number of Topliss-reactive ketones (excluding diaryl/α,β-unsaturated/α-hetero) is 1. The van der Waals surface area contributed by atoms with Crippen molar-refractivity contribution in [3.05, 3.63) is 246 Å². The predicted molar refractivity (Wildman–Crippen MR) is 284 cm³/mol. The van der Waals surface area contributed by atoms with E-state index >= 15 is 0 Å². The molecule has 12 rings (SSSR count). The van der Waals surface area contributed by atoms with Crippen molar-refractivity contribution in [2.45, 2.75) is 0 Å². The minimum Gasteiger partial charge on any atom is -0.289 e. The van der Waals surface area contributed by atoms with Gasteiger partial charge in [0.2, 0.25) is 0 Å². The largest absolute Gasteiger partial charge is 0.289 e. The fourth-order valence-electron chi connectivity index (χ4n) is 9.68. The van der Waals surface area contributed by atoms with Gasteiger partial charge < -0.3 is 0 Å². The van der Waals surface area contributed by atoms with Crippen LogP contribution in [0, 0.1) is 0 Å². The second-order valence-corrected chi connectivity index (χ2v) is 19.6. The number of hydrogen-bond donors (Lipinski definition) is 0. The minimum absolute atomic E-state index is 0.0673. The Bertz CT molecular complexity index is 3620. The van der Waals surface area contributed by atoms with E-state index in [9.17, 15) is 4.79 Å². The minimum atomic E-state index is 0.0673. The molecular weight excluding hydrogens is 1040 g/mol. The van der Waals surface area contributed by atoms with Gasteiger partial charge in [-0.25, -0.2) is 0 Å². The Morgan fingerprint density at radius 3 is 0.891 bits per heavy atom. The third kappa shape index (κ3) is 7.07. The van der Waals surface area contributed by atoms with Crippen LogP contribution in [0.4, 0.5) is 0 Å². The molecule has 304 valence electrons. The van der Waals surface area contributed by atoms with Gasteiger partial charge in [-0.15, -0.1) is 0 Å². The van der Waals surface area contributed by atoms with E-state index in [1.807, 2.05) is 48.5 Å². The zero-order valence-corrected chi connectivity index (χ0v) is 40.4. The molecule has 0 N–H and O–H groups in total. The number of carbonyl (C=O) groups excluding carboxylic acids is 1. The Morgan fingerprint density at radius 1 is 0.266 bits per heavy atom. The Kier molecular flexibility index (Phi) is 10.8. The molecule has 5 heteroatoms. The summed E-state index contributed by atoms with van der Waals surface area (Å²) in [6.45, 7) is 0. The van der Waals surface area contributed by atoms with Gasteiger partial charge in [0.1, 0.15) is 0 Å². The fourth-order valence-corrected chi connectivity index (χ4v) is 11.3. The highest BCUT2D eigenvalue weighted by Gasteiger charge is 2.29. The lowest BCUT2D eigenvalue weighted by atomic mass is 9.85. The number of halogens is 4. The normalized spacial score (nSPS) is 12.3. The van der Waals surface area contributed by atoms with Gasteiger partial charge in [-0.2, -0.15) is 0 Å². The molecule has 0 saturated carbocycles. The van der Waals surface area contributed by atoms with Crippen molar-refractivity contribution in [3.63, 3.8) is 0 Å². The Balaban J connectivity index is 0.000000143. The molecule has 1 nitrogen and oxygen atoms in total. The molecule has 1 aliphatic rings. The van der Waals surface area contributed by atoms with Gasteiger partial charge in [0, 0.05) is 39.5 Å². The molecular formula is C59H34Br4O. The van der Waals surface area contributed by atoms with Crippen LogP contribution in [0.1, 0.15) is 11.1 Å². The van der Waals surface area contributed by atoms with Crippen molar-refractivity contribution in [1.29, 1.82) is 0 Å². The number of rotatable bonds is 4. The van der Waals surface area contributed by atoms with Crippen LogP contribution in [0.3, 0.4) is 0 Å². The Morgan fingerprint density at radius 2 is 0.547 bits per heavy atom. The molecule has 0 spiro atoms. The van der Waals surface area contributed by atoms with E-state index in [1.165, 1.54) is 54.6 Å². The van der Waals surface area contributed by atoms with Crippen LogP contribution >= 0.6 is 63.7 Å². The van der Waals surface area contributed by atoms with E-state index in [1.54, 1.807) is 0 Å². The molecule has 11 aromatic rings. The average molecular weight is 1080 g/mol. The predicted octanol–water partition coefficient (Wildman–Crippen LogP) is 16.5. The maximum absolute atomic E-state index is 14.2. The zero-order valence-electron chi connectivity index (χ0n) is 34.1. The van der Waals surface area contributed by atoms with E-state index in [-0.39, 0.29) is 5.78 Å². The lowest BCUT2D eigenvalue weighted by Gasteiger charge is -2.18. The summed E-state index contributed by atoms with van der Waals surface area (Å²) in [5, 5.41) is 14.3. The molecule has 0 aliphatic heterocycles. The molecule has 0 unspecified atom stereocenters. The monoisotopic (exact) mass is 1070 g/mol. The van der Waals surface area contributed by atoms with Gasteiger partial charge in [-0.05, 0) is 136 Å². The van der Waals surface area contributed by atoms with Crippen molar-refractivity contribution in [3.8, 4) is 22.3 Å². The first-order valence-electron chi connectivity index (χ1n) is 21.0. The molecule has 0 saturated heterocycles. The van der Waals surface area contributed by atoms with Crippen LogP contribution in [0.15, 0.2) is 224 Å². The summed E-state index contributed by atoms with van der Waals surface area (Å²) >= 11 is 14.5. The molecule has 0 radical (unpaired) electrons. The van der Waals surface area contributed by atoms with Crippen LogP contribution in [0.2, 0.25) is 0 Å². The second-order valence-electron chi connectivity index (χ2n) is 16.0. The van der Waals surface area contributed by atoms with E-state index in [0.717, 1.165) is 72.1 Å². The number of benzene rings is 11. The first kappa shape index (κ1) is 40.8. The first-order chi connectivity index (χ1) is 31.3. The smallest absolute Gasteiger partial charge is 0.195 e. The van der Waals surface area contributed by atoms with Crippen molar-refractivity contribution in [2.75, 3.05) is 0 Å². The number of carbonyl (C=O) groups is 1. The third-order valence-electron chi connectivity index (χ3n) is 12.3. The number of fused-ring (bicyclic) bond motifs is 12. The standard InChI is InChI=1S/C30H18Br2.C29H16Br2O/c31-21-9-5-7-19(17-21)23-15-16-24(20-8-6-10-22(32)18-20)30-28-14-4-2-12-26(28)25-11-1-3-13-27(25)29(23)30;30-19-9-5-7-17(15-19)25-27-23-13-3-1-11-21(23)22-12-2-4-14-24(22)28(27)26(29(25)32)18-8-6-10-20(31)16-18/h1-18H;1-16H. The Labute approximate surface area is 403 Å². The van der Waals surface area contributed by atoms with Crippen LogP contribution in [-0.2, 0) is 4.79 Å². The molecule has 0 bridgehead atoms. The van der Waals surface area contributed by atoms with Crippen LogP contribution in [0.5, 0.6) is 0 Å². The highest BCUT2D eigenvalue weighted by atomic mass is 79.9. The second kappa shape index (κ2) is 16.9. The molecule has 0 fully saturated rings. The van der Waals surface area contributed by atoms with Gasteiger partial charge in [0.15, 0.2) is 5.78 Å². The quantitative estimate of drug-likeness (QED) is 0.161. The van der Waals surface area contributed by atoms with Gasteiger partial charge in [0.25, 0.3) is 0 Å². The molecule has 0 heterocycles. The summed E-state index contributed by atoms with van der Waals surface area (Å²) in [4.78, 5) is 14.2. The van der Waals surface area contributed by atoms with E-state index in [2.05, 4.69) is 221 Å². The van der Waals surface area contributed by atoms with Gasteiger partial charge in [-0.3, -0.25) is 4.79 Å². The SMILES string of the molecule is Brc1cccc(-c2ccc(-c3cccc(Br)c3)c3c4ccccc4c4ccccc4c23)c1.O=C1C(c2cccc(Br)c2)=c2c(c3ccccc3c3ccccc23)=C1c1cccc(Br)c1. The zero-order chi connectivity index (χ0) is 43.5. The molecule has 0 atom stereocenters. The van der Waals surface area contributed by atoms with E-state index in [0.29, 0.717) is 0 Å². The van der Waals surface area contributed by atoms with Crippen molar-refractivity contribution < 1.29 is 4.79 Å². The van der Waals surface area contributed by atoms with E-state index < -0.39 is 0 Å². The summed E-state index contributed by atoms with van der Waals surface area (Å²) in [5.41, 5.74) is 8.31. The average Bonchev–Trinajstić information content (AvgIpc) is 3.64. The summed E-state index contributed by atoms with van der Waals surface area (Å²) in [7, 11) is 0. The summed E-state index contributed by atoms with van der Waals surface area (Å²) in [6.07, 6.45) is 0. The van der Waals surface area contributed by atoms with Crippen LogP contribution < -0.4 is 10.4 Å².